The van der Waals surface area contributed by atoms with Gasteiger partial charge in [0.2, 0.25) is 0 Å². The molecule has 28 heavy (non-hydrogen) atoms. The van der Waals surface area contributed by atoms with E-state index in [2.05, 4.69) is 22.2 Å². The topological polar surface area (TPSA) is 63.2 Å². The van der Waals surface area contributed by atoms with Gasteiger partial charge < -0.3 is 15.4 Å². The molecule has 2 aromatic carbocycles. The molecule has 1 heterocycles. The monoisotopic (exact) mass is 393 g/mol. The van der Waals surface area contributed by atoms with Crippen molar-refractivity contribution in [3.8, 4) is 5.75 Å². The maximum Gasteiger partial charge on any atom is 0.253 e. The van der Waals surface area contributed by atoms with Gasteiger partial charge in [-0.05, 0) is 48.0 Å². The number of benzene rings is 2. The minimum absolute atomic E-state index is 0.193. The standard InChI is InChI=1S/C22H20ClN3O2/c1-2-11-25-22(27)17-12-20(14-24-13-17)26-19-7-9-21(10-8-19)28-15-16-3-5-18(23)6-4-16/h2-10,12-14,26H,1,11,15H2,(H,25,27). The molecule has 5 nitrogen and oxygen atoms in total. The van der Waals surface area contributed by atoms with E-state index in [4.69, 9.17) is 16.3 Å². The zero-order chi connectivity index (χ0) is 19.8. The van der Waals surface area contributed by atoms with Crippen LogP contribution in [0.2, 0.25) is 5.02 Å². The number of carbonyl (C=O) groups is 1. The minimum atomic E-state index is -0.193. The molecule has 0 spiro atoms. The van der Waals surface area contributed by atoms with Crippen molar-refractivity contribution in [2.24, 2.45) is 0 Å². The van der Waals surface area contributed by atoms with Crippen LogP contribution >= 0.6 is 11.6 Å². The molecule has 0 aliphatic carbocycles. The number of ether oxygens (including phenoxy) is 1. The molecule has 0 aliphatic rings. The van der Waals surface area contributed by atoms with Crippen LogP contribution in [-0.2, 0) is 6.61 Å². The van der Waals surface area contributed by atoms with E-state index in [1.807, 2.05) is 48.5 Å². The van der Waals surface area contributed by atoms with Gasteiger partial charge in [0.15, 0.2) is 0 Å². The number of hydrogen-bond donors (Lipinski definition) is 2. The number of halogens is 1. The quantitative estimate of drug-likeness (QED) is 0.530. The number of nitrogens with zero attached hydrogens (tertiary/aromatic N) is 1. The van der Waals surface area contributed by atoms with E-state index in [-0.39, 0.29) is 5.91 Å². The van der Waals surface area contributed by atoms with Crippen LogP contribution in [0.1, 0.15) is 15.9 Å². The summed E-state index contributed by atoms with van der Waals surface area (Å²) in [4.78, 5) is 16.1. The second-order valence-electron chi connectivity index (χ2n) is 6.03. The van der Waals surface area contributed by atoms with Gasteiger partial charge in [-0.1, -0.05) is 29.8 Å². The Morgan fingerprint density at radius 1 is 1.07 bits per heavy atom. The number of rotatable bonds is 8. The second-order valence-corrected chi connectivity index (χ2v) is 6.46. The molecule has 142 valence electrons. The van der Waals surface area contributed by atoms with Crippen molar-refractivity contribution in [3.05, 3.63) is 95.8 Å². The maximum atomic E-state index is 12.0. The molecular formula is C22H20ClN3O2. The summed E-state index contributed by atoms with van der Waals surface area (Å²) in [6.07, 6.45) is 4.82. The summed E-state index contributed by atoms with van der Waals surface area (Å²) in [5.74, 6) is 0.568. The third kappa shape index (κ3) is 5.59. The Labute approximate surface area is 169 Å². The van der Waals surface area contributed by atoms with E-state index in [1.54, 1.807) is 18.3 Å². The van der Waals surface area contributed by atoms with Crippen molar-refractivity contribution in [2.45, 2.75) is 6.61 Å². The minimum Gasteiger partial charge on any atom is -0.489 e. The molecule has 0 aliphatic heterocycles. The fourth-order valence-electron chi connectivity index (χ4n) is 2.45. The Bertz CT molecular complexity index is 941. The molecule has 0 radical (unpaired) electrons. The number of pyridine rings is 1. The molecule has 0 saturated carbocycles. The molecule has 3 aromatic rings. The van der Waals surface area contributed by atoms with Crippen LogP contribution < -0.4 is 15.4 Å². The van der Waals surface area contributed by atoms with Crippen LogP contribution in [0.4, 0.5) is 11.4 Å². The van der Waals surface area contributed by atoms with Gasteiger partial charge in [-0.3, -0.25) is 9.78 Å². The van der Waals surface area contributed by atoms with Crippen molar-refractivity contribution >= 4 is 28.9 Å². The van der Waals surface area contributed by atoms with Crippen LogP contribution in [0.25, 0.3) is 0 Å². The SMILES string of the molecule is C=CCNC(=O)c1cncc(Nc2ccc(OCc3ccc(Cl)cc3)cc2)c1. The summed E-state index contributed by atoms with van der Waals surface area (Å²) in [5.41, 5.74) is 3.12. The normalized spacial score (nSPS) is 10.2. The first-order chi connectivity index (χ1) is 13.6. The van der Waals surface area contributed by atoms with E-state index in [1.165, 1.54) is 6.20 Å². The predicted molar refractivity (Wildman–Crippen MR) is 112 cm³/mol. The van der Waals surface area contributed by atoms with Crippen LogP contribution in [0.15, 0.2) is 79.6 Å². The van der Waals surface area contributed by atoms with Crippen LogP contribution in [0.5, 0.6) is 5.75 Å². The molecule has 0 unspecified atom stereocenters. The summed E-state index contributed by atoms with van der Waals surface area (Å²) >= 11 is 5.88. The van der Waals surface area contributed by atoms with E-state index in [0.29, 0.717) is 23.7 Å². The number of carbonyl (C=O) groups excluding carboxylic acids is 1. The Hall–Kier alpha value is -3.31. The lowest BCUT2D eigenvalue weighted by atomic mass is 10.2. The summed E-state index contributed by atoms with van der Waals surface area (Å²) in [6, 6.07) is 16.9. The maximum absolute atomic E-state index is 12.0. The molecule has 0 fully saturated rings. The predicted octanol–water partition coefficient (Wildman–Crippen LogP) is 4.97. The number of amides is 1. The largest absolute Gasteiger partial charge is 0.489 e. The van der Waals surface area contributed by atoms with E-state index >= 15 is 0 Å². The lowest BCUT2D eigenvalue weighted by Gasteiger charge is -2.10. The van der Waals surface area contributed by atoms with Gasteiger partial charge in [0.05, 0.1) is 17.4 Å². The van der Waals surface area contributed by atoms with Gasteiger partial charge >= 0.3 is 0 Å². The summed E-state index contributed by atoms with van der Waals surface area (Å²) in [5, 5.41) is 6.66. The summed E-state index contributed by atoms with van der Waals surface area (Å²) < 4.78 is 5.78. The first-order valence-corrected chi connectivity index (χ1v) is 9.10. The van der Waals surface area contributed by atoms with Crippen molar-refractivity contribution in [3.63, 3.8) is 0 Å². The highest BCUT2D eigenvalue weighted by Gasteiger charge is 2.06. The smallest absolute Gasteiger partial charge is 0.253 e. The summed E-state index contributed by atoms with van der Waals surface area (Å²) in [6.45, 7) is 4.46. The molecule has 0 saturated heterocycles. The highest BCUT2D eigenvalue weighted by atomic mass is 35.5. The number of nitrogens with one attached hydrogen (secondary N) is 2. The van der Waals surface area contributed by atoms with Gasteiger partial charge in [-0.2, -0.15) is 0 Å². The molecule has 3 rings (SSSR count). The molecule has 0 atom stereocenters. The van der Waals surface area contributed by atoms with Gasteiger partial charge in [0.25, 0.3) is 5.91 Å². The van der Waals surface area contributed by atoms with Crippen molar-refractivity contribution in [1.29, 1.82) is 0 Å². The average molecular weight is 394 g/mol. The van der Waals surface area contributed by atoms with Gasteiger partial charge in [0, 0.05) is 23.5 Å². The lowest BCUT2D eigenvalue weighted by molar-refractivity contribution is 0.0957. The highest BCUT2D eigenvalue weighted by Crippen LogP contribution is 2.21. The Balaban J connectivity index is 1.58. The van der Waals surface area contributed by atoms with Crippen LogP contribution in [0.3, 0.4) is 0 Å². The first-order valence-electron chi connectivity index (χ1n) is 8.72. The fourth-order valence-corrected chi connectivity index (χ4v) is 2.57. The highest BCUT2D eigenvalue weighted by molar-refractivity contribution is 6.30. The number of anilines is 2. The lowest BCUT2D eigenvalue weighted by Crippen LogP contribution is -2.23. The molecule has 0 bridgehead atoms. The van der Waals surface area contributed by atoms with Crippen molar-refractivity contribution in [1.82, 2.24) is 10.3 Å². The van der Waals surface area contributed by atoms with E-state index in [0.717, 1.165) is 22.7 Å². The van der Waals surface area contributed by atoms with Gasteiger partial charge in [0.1, 0.15) is 12.4 Å². The fraction of sp³-hybridized carbons (Fsp3) is 0.0909. The Kier molecular flexibility index (Phi) is 6.65. The summed E-state index contributed by atoms with van der Waals surface area (Å²) in [7, 11) is 0. The molecule has 6 heteroatoms. The average Bonchev–Trinajstić information content (AvgIpc) is 2.73. The number of hydrogen-bond acceptors (Lipinski definition) is 4. The van der Waals surface area contributed by atoms with Gasteiger partial charge in [-0.15, -0.1) is 6.58 Å². The molecule has 1 amide bonds. The Morgan fingerprint density at radius 2 is 1.82 bits per heavy atom. The second kappa shape index (κ2) is 9.58. The molecule has 1 aromatic heterocycles. The van der Waals surface area contributed by atoms with E-state index < -0.39 is 0 Å². The third-order valence-corrected chi connectivity index (χ3v) is 4.12. The van der Waals surface area contributed by atoms with Crippen molar-refractivity contribution in [2.75, 3.05) is 11.9 Å². The number of aromatic nitrogens is 1. The third-order valence-electron chi connectivity index (χ3n) is 3.87. The Morgan fingerprint density at radius 3 is 2.54 bits per heavy atom. The van der Waals surface area contributed by atoms with E-state index in [9.17, 15) is 4.79 Å². The zero-order valence-corrected chi connectivity index (χ0v) is 15.9. The molecular weight excluding hydrogens is 374 g/mol. The zero-order valence-electron chi connectivity index (χ0n) is 15.2. The molecule has 2 N–H and O–H groups in total. The first kappa shape index (κ1) is 19.5. The van der Waals surface area contributed by atoms with Crippen molar-refractivity contribution < 1.29 is 9.53 Å². The van der Waals surface area contributed by atoms with Crippen LogP contribution in [0, 0.1) is 0 Å². The van der Waals surface area contributed by atoms with Crippen LogP contribution in [-0.4, -0.2) is 17.4 Å². The van der Waals surface area contributed by atoms with Gasteiger partial charge in [-0.25, -0.2) is 0 Å².